The molecule has 0 aliphatic rings. The lowest BCUT2D eigenvalue weighted by Crippen LogP contribution is -2.02. The zero-order valence-electron chi connectivity index (χ0n) is 9.65. The number of thiophene rings is 2. The molecule has 2 aromatic heterocycles. The van der Waals surface area contributed by atoms with Gasteiger partial charge in [0.2, 0.25) is 0 Å². The van der Waals surface area contributed by atoms with Crippen LogP contribution in [0.3, 0.4) is 0 Å². The fourth-order valence-corrected chi connectivity index (χ4v) is 4.30. The molecule has 96 valence electrons. The molecule has 0 bridgehead atoms. The van der Waals surface area contributed by atoms with Gasteiger partial charge in [0.05, 0.1) is 9.35 Å². The summed E-state index contributed by atoms with van der Waals surface area (Å²) in [6, 6.07) is 8.69. The van der Waals surface area contributed by atoms with Crippen molar-refractivity contribution in [1.82, 2.24) is 0 Å². The van der Waals surface area contributed by atoms with Crippen molar-refractivity contribution in [2.45, 2.75) is 6.42 Å². The molecule has 0 atom stereocenters. The first-order valence-electron chi connectivity index (χ1n) is 5.58. The zero-order valence-corrected chi connectivity index (χ0v) is 12.9. The summed E-state index contributed by atoms with van der Waals surface area (Å²) in [6.45, 7) is 0. The van der Waals surface area contributed by atoms with Crippen LogP contribution in [0.4, 0.5) is 4.39 Å². The Morgan fingerprint density at radius 3 is 2.89 bits per heavy atom. The van der Waals surface area contributed by atoms with Crippen molar-refractivity contribution >= 4 is 53.8 Å². The maximum absolute atomic E-state index is 13.4. The Labute approximate surface area is 125 Å². The largest absolute Gasteiger partial charge is 0.293 e. The number of carbonyl (C=O) groups excluding carboxylic acids is 1. The Kier molecular flexibility index (Phi) is 3.52. The van der Waals surface area contributed by atoms with E-state index in [-0.39, 0.29) is 18.0 Å². The van der Waals surface area contributed by atoms with Gasteiger partial charge in [-0.15, -0.1) is 22.7 Å². The third kappa shape index (κ3) is 2.50. The average Bonchev–Trinajstić information content (AvgIpc) is 2.95. The number of halogens is 2. The molecule has 5 heteroatoms. The second kappa shape index (κ2) is 5.15. The monoisotopic (exact) mass is 354 g/mol. The summed E-state index contributed by atoms with van der Waals surface area (Å²) < 4.78 is 16.0. The summed E-state index contributed by atoms with van der Waals surface area (Å²) in [4.78, 5) is 13.0. The van der Waals surface area contributed by atoms with Gasteiger partial charge in [-0.25, -0.2) is 4.39 Å². The van der Waals surface area contributed by atoms with Gasteiger partial charge in [0.15, 0.2) is 5.78 Å². The molecule has 19 heavy (non-hydrogen) atoms. The number of rotatable bonds is 3. The van der Waals surface area contributed by atoms with Crippen molar-refractivity contribution in [1.29, 1.82) is 0 Å². The Bertz CT molecular complexity index is 731. The summed E-state index contributed by atoms with van der Waals surface area (Å²) >= 11 is 6.31. The van der Waals surface area contributed by atoms with Gasteiger partial charge >= 0.3 is 0 Å². The molecule has 0 spiro atoms. The van der Waals surface area contributed by atoms with Crippen LogP contribution in [-0.4, -0.2) is 5.78 Å². The predicted octanol–water partition coefficient (Wildman–Crippen LogP) is 5.29. The maximum Gasteiger partial charge on any atom is 0.177 e. The highest BCUT2D eigenvalue weighted by Gasteiger charge is 2.14. The van der Waals surface area contributed by atoms with Gasteiger partial charge in [0.1, 0.15) is 5.82 Å². The Morgan fingerprint density at radius 2 is 2.11 bits per heavy atom. The van der Waals surface area contributed by atoms with E-state index >= 15 is 0 Å². The minimum Gasteiger partial charge on any atom is -0.293 e. The van der Waals surface area contributed by atoms with Crippen molar-refractivity contribution in [3.63, 3.8) is 0 Å². The van der Waals surface area contributed by atoms with E-state index in [0.29, 0.717) is 10.0 Å². The number of hydrogen-bond acceptors (Lipinski definition) is 3. The Hall–Kier alpha value is -1.04. The second-order valence-electron chi connectivity index (χ2n) is 4.07. The van der Waals surface area contributed by atoms with Crippen LogP contribution in [0.5, 0.6) is 0 Å². The van der Waals surface area contributed by atoms with E-state index in [0.717, 1.165) is 14.3 Å². The van der Waals surface area contributed by atoms with Crippen LogP contribution in [0.25, 0.3) is 9.40 Å². The molecule has 0 N–H and O–H groups in total. The van der Waals surface area contributed by atoms with Gasteiger partial charge in [-0.1, -0.05) is 12.1 Å². The molecule has 0 saturated carbocycles. The summed E-state index contributed by atoms with van der Waals surface area (Å²) in [5.74, 6) is -0.308. The van der Waals surface area contributed by atoms with Crippen LogP contribution in [-0.2, 0) is 6.42 Å². The molecule has 0 radical (unpaired) electrons. The number of carbonyl (C=O) groups is 1. The highest BCUT2D eigenvalue weighted by Crippen LogP contribution is 2.31. The number of hydrogen-bond donors (Lipinski definition) is 0. The molecular formula is C14H8BrFOS2. The molecule has 3 aromatic rings. The van der Waals surface area contributed by atoms with Gasteiger partial charge in [0.25, 0.3) is 0 Å². The quantitative estimate of drug-likeness (QED) is 0.584. The summed E-state index contributed by atoms with van der Waals surface area (Å²) in [5.41, 5.74) is 0.682. The number of fused-ring (bicyclic) bond motifs is 1. The second-order valence-corrected chi connectivity index (χ2v) is 6.90. The third-order valence-corrected chi connectivity index (χ3v) is 5.82. The summed E-state index contributed by atoms with van der Waals surface area (Å²) in [7, 11) is 0. The SMILES string of the molecule is O=C(Cc1cccc(F)c1Br)c1cc2sccc2s1. The molecule has 1 nitrogen and oxygen atoms in total. The lowest BCUT2D eigenvalue weighted by molar-refractivity contribution is 0.0996. The lowest BCUT2D eigenvalue weighted by Gasteiger charge is -2.03. The number of Topliss-reactive ketones (excluding diaryl/α,β-unsaturated/α-hetero) is 1. The van der Waals surface area contributed by atoms with Gasteiger partial charge in [0, 0.05) is 15.8 Å². The van der Waals surface area contributed by atoms with Gasteiger partial charge in [-0.05, 0) is 45.1 Å². The zero-order chi connectivity index (χ0) is 13.4. The van der Waals surface area contributed by atoms with E-state index in [1.165, 1.54) is 17.4 Å². The molecule has 3 rings (SSSR count). The van der Waals surface area contributed by atoms with Gasteiger partial charge in [-0.3, -0.25) is 4.79 Å². The maximum atomic E-state index is 13.4. The van der Waals surface area contributed by atoms with Gasteiger partial charge < -0.3 is 0 Å². The molecule has 0 aliphatic carbocycles. The highest BCUT2D eigenvalue weighted by atomic mass is 79.9. The van der Waals surface area contributed by atoms with E-state index in [1.807, 2.05) is 17.5 Å². The Balaban J connectivity index is 1.89. The number of ketones is 1. The minimum absolute atomic E-state index is 0.0275. The van der Waals surface area contributed by atoms with Crippen molar-refractivity contribution < 1.29 is 9.18 Å². The molecule has 1 aromatic carbocycles. The van der Waals surface area contributed by atoms with Crippen LogP contribution in [0, 0.1) is 5.82 Å². The molecule has 0 aliphatic heterocycles. The molecule has 0 amide bonds. The summed E-state index contributed by atoms with van der Waals surface area (Å²) in [5, 5.41) is 2.01. The van der Waals surface area contributed by atoms with Crippen LogP contribution in [0.2, 0.25) is 0 Å². The van der Waals surface area contributed by atoms with Crippen molar-refractivity contribution in [3.8, 4) is 0 Å². The van der Waals surface area contributed by atoms with Crippen LogP contribution in [0.1, 0.15) is 15.2 Å². The van der Waals surface area contributed by atoms with E-state index in [2.05, 4.69) is 15.9 Å². The topological polar surface area (TPSA) is 17.1 Å². The van der Waals surface area contributed by atoms with E-state index < -0.39 is 0 Å². The van der Waals surface area contributed by atoms with E-state index in [4.69, 9.17) is 0 Å². The van der Waals surface area contributed by atoms with Crippen molar-refractivity contribution in [2.75, 3.05) is 0 Å². The third-order valence-electron chi connectivity index (χ3n) is 2.80. The molecular weight excluding hydrogens is 347 g/mol. The number of benzene rings is 1. The smallest absolute Gasteiger partial charge is 0.177 e. The van der Waals surface area contributed by atoms with Crippen molar-refractivity contribution in [2.24, 2.45) is 0 Å². The van der Waals surface area contributed by atoms with Gasteiger partial charge in [-0.2, -0.15) is 0 Å². The Morgan fingerprint density at radius 1 is 1.26 bits per heavy atom. The average molecular weight is 355 g/mol. The summed E-state index contributed by atoms with van der Waals surface area (Å²) in [6.07, 6.45) is 0.214. The minimum atomic E-state index is -0.336. The standard InChI is InChI=1S/C14H8BrFOS2/c15-14-8(2-1-3-9(14)16)6-10(17)12-7-13-11(19-12)4-5-18-13/h1-5,7H,6H2. The fourth-order valence-electron chi connectivity index (χ4n) is 1.85. The van der Waals surface area contributed by atoms with Crippen LogP contribution < -0.4 is 0 Å². The highest BCUT2D eigenvalue weighted by molar-refractivity contribution is 9.10. The molecule has 0 saturated heterocycles. The molecule has 2 heterocycles. The van der Waals surface area contributed by atoms with Crippen LogP contribution >= 0.6 is 38.6 Å². The predicted molar refractivity (Wildman–Crippen MR) is 81.8 cm³/mol. The van der Waals surface area contributed by atoms with Crippen molar-refractivity contribution in [3.05, 3.63) is 56.4 Å². The van der Waals surface area contributed by atoms with E-state index in [1.54, 1.807) is 23.5 Å². The lowest BCUT2D eigenvalue weighted by atomic mass is 10.1. The fraction of sp³-hybridized carbons (Fsp3) is 0.0714. The van der Waals surface area contributed by atoms with E-state index in [9.17, 15) is 9.18 Å². The van der Waals surface area contributed by atoms with Crippen LogP contribution in [0.15, 0.2) is 40.2 Å². The first kappa shape index (κ1) is 13.0. The first-order valence-corrected chi connectivity index (χ1v) is 8.07. The normalized spacial score (nSPS) is 11.1. The molecule has 0 fully saturated rings. The molecule has 0 unspecified atom stereocenters. The first-order chi connectivity index (χ1) is 9.15.